The van der Waals surface area contributed by atoms with E-state index in [0.29, 0.717) is 12.5 Å². The number of nitrogens with one attached hydrogen (secondary N) is 1. The topological polar surface area (TPSA) is 50.8 Å². The minimum Gasteiger partial charge on any atom is -0.353 e. The maximum absolute atomic E-state index is 11.9. The number of rotatable bonds is 4. The molecule has 1 amide bonds. The first kappa shape index (κ1) is 14.3. The van der Waals surface area contributed by atoms with Crippen molar-refractivity contribution in [2.45, 2.75) is 56.8 Å². The van der Waals surface area contributed by atoms with Gasteiger partial charge in [0.25, 0.3) is 0 Å². The van der Waals surface area contributed by atoms with Gasteiger partial charge in [-0.3, -0.25) is 4.79 Å². The second kappa shape index (κ2) is 6.41. The highest BCUT2D eigenvalue weighted by molar-refractivity contribution is 5.76. The fraction of sp³-hybridized carbons (Fsp3) is 0.933. The summed E-state index contributed by atoms with van der Waals surface area (Å²) in [6, 6.07) is 0.437. The zero-order valence-electron chi connectivity index (χ0n) is 12.2. The number of amides is 1. The van der Waals surface area contributed by atoms with Crippen molar-refractivity contribution in [3.63, 3.8) is 0 Å². The molecule has 0 radical (unpaired) electrons. The van der Waals surface area contributed by atoms with E-state index in [1.54, 1.807) is 0 Å². The van der Waals surface area contributed by atoms with Crippen LogP contribution in [-0.4, -0.2) is 55.5 Å². The summed E-state index contributed by atoms with van der Waals surface area (Å²) >= 11 is 0. The number of hydrogen-bond acceptors (Lipinski definition) is 4. The first-order valence-corrected chi connectivity index (χ1v) is 8.05. The third kappa shape index (κ3) is 3.51. The van der Waals surface area contributed by atoms with Gasteiger partial charge >= 0.3 is 0 Å². The number of nitrogens with zero attached hydrogens (tertiary/aromatic N) is 1. The molecular formula is C15H26N2O3. The van der Waals surface area contributed by atoms with Gasteiger partial charge in [0.05, 0.1) is 13.2 Å². The smallest absolute Gasteiger partial charge is 0.221 e. The molecule has 0 aromatic heterocycles. The van der Waals surface area contributed by atoms with Gasteiger partial charge in [0.1, 0.15) is 0 Å². The Bertz CT molecular complexity index is 326. The van der Waals surface area contributed by atoms with Crippen LogP contribution in [-0.2, 0) is 14.3 Å². The lowest BCUT2D eigenvalue weighted by Crippen LogP contribution is -2.46. The molecule has 3 aliphatic rings. The Morgan fingerprint density at radius 2 is 1.80 bits per heavy atom. The molecule has 0 atom stereocenters. The Hall–Kier alpha value is -0.650. The minimum absolute atomic E-state index is 0.213. The van der Waals surface area contributed by atoms with Crippen molar-refractivity contribution in [2.24, 2.45) is 0 Å². The van der Waals surface area contributed by atoms with Crippen LogP contribution in [0.25, 0.3) is 0 Å². The zero-order valence-corrected chi connectivity index (χ0v) is 12.2. The fourth-order valence-electron chi connectivity index (χ4n) is 3.53. The second-order valence-corrected chi connectivity index (χ2v) is 6.25. The molecule has 0 aromatic rings. The van der Waals surface area contributed by atoms with Gasteiger partial charge in [-0.2, -0.15) is 0 Å². The van der Waals surface area contributed by atoms with Crippen molar-refractivity contribution in [1.82, 2.24) is 10.2 Å². The Kier molecular flexibility index (Phi) is 4.58. The van der Waals surface area contributed by atoms with Gasteiger partial charge in [-0.1, -0.05) is 12.8 Å². The third-order valence-corrected chi connectivity index (χ3v) is 4.81. The molecule has 0 bridgehead atoms. The predicted octanol–water partition coefficient (Wildman–Crippen LogP) is 1.27. The van der Waals surface area contributed by atoms with E-state index in [1.165, 1.54) is 12.8 Å². The lowest BCUT2D eigenvalue weighted by atomic mass is 10.0. The van der Waals surface area contributed by atoms with Crippen LogP contribution in [0.2, 0.25) is 0 Å². The fourth-order valence-corrected chi connectivity index (χ4v) is 3.53. The lowest BCUT2D eigenvalue weighted by molar-refractivity contribution is -0.185. The molecule has 5 nitrogen and oxygen atoms in total. The van der Waals surface area contributed by atoms with E-state index < -0.39 is 0 Å². The number of likely N-dealkylation sites (tertiary alicyclic amines) is 1. The maximum Gasteiger partial charge on any atom is 0.221 e. The quantitative estimate of drug-likeness (QED) is 0.844. The van der Waals surface area contributed by atoms with E-state index in [0.717, 1.165) is 58.5 Å². The van der Waals surface area contributed by atoms with Gasteiger partial charge in [0.15, 0.2) is 5.79 Å². The van der Waals surface area contributed by atoms with E-state index in [2.05, 4.69) is 10.2 Å². The molecule has 20 heavy (non-hydrogen) atoms. The van der Waals surface area contributed by atoms with E-state index in [1.807, 2.05) is 0 Å². The van der Waals surface area contributed by atoms with Crippen LogP contribution < -0.4 is 5.32 Å². The number of carbonyl (C=O) groups is 1. The molecule has 1 N–H and O–H groups in total. The monoisotopic (exact) mass is 282 g/mol. The molecule has 114 valence electrons. The summed E-state index contributed by atoms with van der Waals surface area (Å²) in [5, 5.41) is 3.15. The molecule has 0 unspecified atom stereocenters. The summed E-state index contributed by atoms with van der Waals surface area (Å²) < 4.78 is 11.4. The maximum atomic E-state index is 11.9. The normalized spacial score (nSPS) is 27.2. The summed E-state index contributed by atoms with van der Waals surface area (Å²) in [6.07, 6.45) is 7.32. The highest BCUT2D eigenvalue weighted by Gasteiger charge is 2.39. The van der Waals surface area contributed by atoms with Crippen LogP contribution in [0.15, 0.2) is 0 Å². The van der Waals surface area contributed by atoms with E-state index in [-0.39, 0.29) is 11.7 Å². The molecule has 0 aromatic carbocycles. The van der Waals surface area contributed by atoms with Crippen LogP contribution >= 0.6 is 0 Å². The highest BCUT2D eigenvalue weighted by Crippen LogP contribution is 2.31. The van der Waals surface area contributed by atoms with Crippen molar-refractivity contribution in [2.75, 3.05) is 32.8 Å². The molecule has 3 rings (SSSR count). The molecule has 2 heterocycles. The van der Waals surface area contributed by atoms with Gasteiger partial charge in [0, 0.05) is 44.9 Å². The summed E-state index contributed by atoms with van der Waals surface area (Å²) in [4.78, 5) is 14.3. The van der Waals surface area contributed by atoms with Gasteiger partial charge < -0.3 is 19.7 Å². The van der Waals surface area contributed by atoms with Crippen LogP contribution in [0.5, 0.6) is 0 Å². The first-order chi connectivity index (χ1) is 9.76. The summed E-state index contributed by atoms with van der Waals surface area (Å²) in [6.45, 7) is 4.25. The van der Waals surface area contributed by atoms with Crippen molar-refractivity contribution >= 4 is 5.91 Å². The standard InChI is InChI=1S/C15H26N2O3/c18-14(16-13-3-1-2-4-13)5-8-17-9-6-15(7-10-17)19-11-12-20-15/h13H,1-12H2,(H,16,18). The Labute approximate surface area is 121 Å². The van der Waals surface area contributed by atoms with Crippen molar-refractivity contribution < 1.29 is 14.3 Å². The minimum atomic E-state index is -0.303. The van der Waals surface area contributed by atoms with Crippen LogP contribution in [0.1, 0.15) is 44.9 Å². The highest BCUT2D eigenvalue weighted by atomic mass is 16.7. The third-order valence-electron chi connectivity index (χ3n) is 4.81. The van der Waals surface area contributed by atoms with Crippen molar-refractivity contribution in [3.8, 4) is 0 Å². The summed E-state index contributed by atoms with van der Waals surface area (Å²) in [5.74, 6) is -0.0895. The molecular weight excluding hydrogens is 256 g/mol. The molecule has 2 aliphatic heterocycles. The summed E-state index contributed by atoms with van der Waals surface area (Å²) in [7, 11) is 0. The van der Waals surface area contributed by atoms with Crippen LogP contribution in [0.4, 0.5) is 0 Å². The SMILES string of the molecule is O=C(CCN1CCC2(CC1)OCCO2)NC1CCCC1. The second-order valence-electron chi connectivity index (χ2n) is 6.25. The lowest BCUT2D eigenvalue weighted by Gasteiger charge is -2.37. The average Bonchev–Trinajstić information content (AvgIpc) is 3.11. The first-order valence-electron chi connectivity index (χ1n) is 8.05. The number of hydrogen-bond donors (Lipinski definition) is 1. The van der Waals surface area contributed by atoms with Crippen LogP contribution in [0.3, 0.4) is 0 Å². The number of carbonyl (C=O) groups excluding carboxylic acids is 1. The van der Waals surface area contributed by atoms with Gasteiger partial charge in [-0.15, -0.1) is 0 Å². The van der Waals surface area contributed by atoms with Crippen LogP contribution in [0, 0.1) is 0 Å². The molecule has 2 saturated heterocycles. The number of piperidine rings is 1. The molecule has 1 spiro atoms. The number of ether oxygens (including phenoxy) is 2. The van der Waals surface area contributed by atoms with Gasteiger partial charge in [-0.05, 0) is 12.8 Å². The molecule has 1 saturated carbocycles. The Balaban J connectivity index is 1.34. The van der Waals surface area contributed by atoms with E-state index in [4.69, 9.17) is 9.47 Å². The summed E-state index contributed by atoms with van der Waals surface area (Å²) in [5.41, 5.74) is 0. The zero-order chi connectivity index (χ0) is 13.8. The Morgan fingerprint density at radius 1 is 1.15 bits per heavy atom. The predicted molar refractivity (Wildman–Crippen MR) is 75.3 cm³/mol. The average molecular weight is 282 g/mol. The van der Waals surface area contributed by atoms with E-state index >= 15 is 0 Å². The Morgan fingerprint density at radius 3 is 2.45 bits per heavy atom. The molecule has 1 aliphatic carbocycles. The van der Waals surface area contributed by atoms with Gasteiger partial charge in [0.2, 0.25) is 5.91 Å². The van der Waals surface area contributed by atoms with Gasteiger partial charge in [-0.25, -0.2) is 0 Å². The van der Waals surface area contributed by atoms with Crippen molar-refractivity contribution in [3.05, 3.63) is 0 Å². The van der Waals surface area contributed by atoms with E-state index in [9.17, 15) is 4.79 Å². The molecule has 5 heteroatoms. The van der Waals surface area contributed by atoms with Crippen molar-refractivity contribution in [1.29, 1.82) is 0 Å². The largest absolute Gasteiger partial charge is 0.353 e. The molecule has 3 fully saturated rings.